The van der Waals surface area contributed by atoms with Crippen molar-refractivity contribution >= 4 is 29.0 Å². The Morgan fingerprint density at radius 2 is 1.60 bits per heavy atom. The zero-order valence-electron chi connectivity index (χ0n) is 14.9. The van der Waals surface area contributed by atoms with Crippen LogP contribution in [0.2, 0.25) is 0 Å². The lowest BCUT2D eigenvalue weighted by Crippen LogP contribution is -2.36. The molecular formula is C20H22N2O3. The van der Waals surface area contributed by atoms with Gasteiger partial charge in [-0.1, -0.05) is 12.1 Å². The number of carbonyl (C=O) groups is 3. The highest BCUT2D eigenvalue weighted by molar-refractivity contribution is 6.02. The van der Waals surface area contributed by atoms with Crippen molar-refractivity contribution < 1.29 is 14.4 Å². The summed E-state index contributed by atoms with van der Waals surface area (Å²) in [6.07, 6.45) is 0. The second-order valence-electron chi connectivity index (χ2n) is 6.00. The minimum atomic E-state index is -0.278. The van der Waals surface area contributed by atoms with Crippen LogP contribution in [0.15, 0.2) is 42.5 Å². The van der Waals surface area contributed by atoms with Gasteiger partial charge in [0.2, 0.25) is 11.8 Å². The third-order valence-electron chi connectivity index (χ3n) is 4.15. The monoisotopic (exact) mass is 338 g/mol. The summed E-state index contributed by atoms with van der Waals surface area (Å²) in [6.45, 7) is 6.71. The first-order chi connectivity index (χ1) is 11.8. The number of rotatable bonds is 5. The Morgan fingerprint density at radius 3 is 2.16 bits per heavy atom. The van der Waals surface area contributed by atoms with E-state index < -0.39 is 0 Å². The Hall–Kier alpha value is -2.95. The molecule has 0 aromatic heterocycles. The molecule has 0 unspecified atom stereocenters. The van der Waals surface area contributed by atoms with Gasteiger partial charge in [-0.05, 0) is 62.2 Å². The fourth-order valence-corrected chi connectivity index (χ4v) is 2.48. The van der Waals surface area contributed by atoms with Crippen LogP contribution >= 0.6 is 0 Å². The lowest BCUT2D eigenvalue weighted by Gasteiger charge is -2.21. The minimum Gasteiger partial charge on any atom is -0.324 e. The van der Waals surface area contributed by atoms with E-state index in [9.17, 15) is 14.4 Å². The number of amides is 2. The van der Waals surface area contributed by atoms with E-state index in [1.54, 1.807) is 24.3 Å². The van der Waals surface area contributed by atoms with E-state index in [1.807, 2.05) is 32.0 Å². The Balaban J connectivity index is 2.15. The van der Waals surface area contributed by atoms with Gasteiger partial charge in [0.25, 0.3) is 0 Å². The van der Waals surface area contributed by atoms with E-state index >= 15 is 0 Å². The maximum Gasteiger partial charge on any atom is 0.244 e. The Kier molecular flexibility index (Phi) is 5.70. The highest BCUT2D eigenvalue weighted by Crippen LogP contribution is 2.19. The number of Topliss-reactive ketones (excluding diaryl/α,β-unsaturated/α-hetero) is 1. The number of hydrogen-bond donors (Lipinski definition) is 1. The van der Waals surface area contributed by atoms with Gasteiger partial charge in [-0.15, -0.1) is 0 Å². The molecule has 0 radical (unpaired) electrons. The van der Waals surface area contributed by atoms with Gasteiger partial charge in [0, 0.05) is 23.9 Å². The third kappa shape index (κ3) is 4.53. The fraction of sp³-hybridized carbons (Fsp3) is 0.250. The first-order valence-corrected chi connectivity index (χ1v) is 8.04. The van der Waals surface area contributed by atoms with Crippen LogP contribution in [-0.2, 0) is 9.59 Å². The molecule has 130 valence electrons. The molecule has 2 aromatic carbocycles. The maximum absolute atomic E-state index is 12.4. The average molecular weight is 338 g/mol. The topological polar surface area (TPSA) is 66.5 Å². The lowest BCUT2D eigenvalue weighted by molar-refractivity contribution is -0.120. The number of aryl methyl sites for hydroxylation is 1. The minimum absolute atomic E-state index is 0.0476. The van der Waals surface area contributed by atoms with E-state index in [-0.39, 0.29) is 24.1 Å². The molecule has 0 saturated carbocycles. The van der Waals surface area contributed by atoms with Gasteiger partial charge >= 0.3 is 0 Å². The third-order valence-corrected chi connectivity index (χ3v) is 4.15. The van der Waals surface area contributed by atoms with Gasteiger partial charge in [-0.25, -0.2) is 0 Å². The van der Waals surface area contributed by atoms with Crippen LogP contribution in [0, 0.1) is 13.8 Å². The second kappa shape index (κ2) is 7.75. The van der Waals surface area contributed by atoms with E-state index in [1.165, 1.54) is 18.7 Å². The number of nitrogens with zero attached hydrogens (tertiary/aromatic N) is 1. The van der Waals surface area contributed by atoms with Gasteiger partial charge in [0.1, 0.15) is 6.54 Å². The first kappa shape index (κ1) is 18.4. The van der Waals surface area contributed by atoms with Crippen molar-refractivity contribution in [3.63, 3.8) is 0 Å². The van der Waals surface area contributed by atoms with E-state index in [4.69, 9.17) is 0 Å². The van der Waals surface area contributed by atoms with Gasteiger partial charge in [0.05, 0.1) is 0 Å². The second-order valence-corrected chi connectivity index (χ2v) is 6.00. The number of nitrogens with one attached hydrogen (secondary N) is 1. The molecule has 0 aliphatic carbocycles. The van der Waals surface area contributed by atoms with Gasteiger partial charge < -0.3 is 10.2 Å². The number of benzene rings is 2. The van der Waals surface area contributed by atoms with Crippen LogP contribution < -0.4 is 10.2 Å². The molecule has 0 aliphatic rings. The van der Waals surface area contributed by atoms with Crippen molar-refractivity contribution in [1.29, 1.82) is 0 Å². The molecule has 2 rings (SSSR count). The van der Waals surface area contributed by atoms with Crippen LogP contribution in [0.1, 0.15) is 35.3 Å². The molecule has 2 aromatic rings. The highest BCUT2D eigenvalue weighted by atomic mass is 16.2. The molecule has 25 heavy (non-hydrogen) atoms. The lowest BCUT2D eigenvalue weighted by atomic mass is 10.1. The van der Waals surface area contributed by atoms with Crippen molar-refractivity contribution in [3.8, 4) is 0 Å². The molecule has 2 amide bonds. The standard InChI is InChI=1S/C20H22N2O3/c1-13-6-5-7-19(14(13)2)21-20(25)12-22(16(4)24)18-10-8-17(9-11-18)15(3)23/h5-11H,12H2,1-4H3,(H,21,25). The molecular weight excluding hydrogens is 316 g/mol. The Labute approximate surface area is 147 Å². The van der Waals surface area contributed by atoms with Crippen LogP contribution in [0.5, 0.6) is 0 Å². The fourth-order valence-electron chi connectivity index (χ4n) is 2.48. The van der Waals surface area contributed by atoms with Crippen molar-refractivity contribution in [2.24, 2.45) is 0 Å². The molecule has 0 saturated heterocycles. The van der Waals surface area contributed by atoms with Crippen molar-refractivity contribution in [3.05, 3.63) is 59.2 Å². The zero-order chi connectivity index (χ0) is 18.6. The van der Waals surface area contributed by atoms with Crippen LogP contribution in [0.3, 0.4) is 0 Å². The maximum atomic E-state index is 12.4. The largest absolute Gasteiger partial charge is 0.324 e. The first-order valence-electron chi connectivity index (χ1n) is 8.04. The SMILES string of the molecule is CC(=O)c1ccc(N(CC(=O)Nc2cccc(C)c2C)C(C)=O)cc1. The molecule has 0 heterocycles. The Bertz CT molecular complexity index is 810. The number of ketones is 1. The summed E-state index contributed by atoms with van der Waals surface area (Å²) in [5.41, 5.74) is 3.96. The molecule has 1 N–H and O–H groups in total. The predicted octanol–water partition coefficient (Wildman–Crippen LogP) is 3.50. The molecule has 0 aliphatic heterocycles. The summed E-state index contributed by atoms with van der Waals surface area (Å²) in [4.78, 5) is 37.1. The smallest absolute Gasteiger partial charge is 0.244 e. The predicted molar refractivity (Wildman–Crippen MR) is 99.0 cm³/mol. The van der Waals surface area contributed by atoms with E-state index in [0.717, 1.165) is 16.8 Å². The van der Waals surface area contributed by atoms with Gasteiger partial charge in [-0.3, -0.25) is 14.4 Å². The highest BCUT2D eigenvalue weighted by Gasteiger charge is 2.17. The molecule has 0 bridgehead atoms. The molecule has 5 heteroatoms. The zero-order valence-corrected chi connectivity index (χ0v) is 14.9. The van der Waals surface area contributed by atoms with Gasteiger partial charge in [-0.2, -0.15) is 0 Å². The van der Waals surface area contributed by atoms with Crippen LogP contribution in [0.25, 0.3) is 0 Å². The summed E-state index contributed by atoms with van der Waals surface area (Å²) in [7, 11) is 0. The van der Waals surface area contributed by atoms with Crippen molar-refractivity contribution in [2.75, 3.05) is 16.8 Å². The number of anilines is 2. The quantitative estimate of drug-likeness (QED) is 0.849. The summed E-state index contributed by atoms with van der Waals surface area (Å²) in [5, 5.41) is 2.85. The normalized spacial score (nSPS) is 10.2. The van der Waals surface area contributed by atoms with Crippen LogP contribution in [0.4, 0.5) is 11.4 Å². The Morgan fingerprint density at radius 1 is 0.960 bits per heavy atom. The molecule has 5 nitrogen and oxygen atoms in total. The van der Waals surface area contributed by atoms with Gasteiger partial charge in [0.15, 0.2) is 5.78 Å². The summed E-state index contributed by atoms with van der Waals surface area (Å²) in [5.74, 6) is -0.570. The van der Waals surface area contributed by atoms with Crippen molar-refractivity contribution in [1.82, 2.24) is 0 Å². The summed E-state index contributed by atoms with van der Waals surface area (Å²) >= 11 is 0. The number of hydrogen-bond acceptors (Lipinski definition) is 3. The average Bonchev–Trinajstić information content (AvgIpc) is 2.56. The molecule has 0 fully saturated rings. The van der Waals surface area contributed by atoms with Crippen molar-refractivity contribution in [2.45, 2.75) is 27.7 Å². The summed E-state index contributed by atoms with van der Waals surface area (Å²) < 4.78 is 0. The van der Waals surface area contributed by atoms with E-state index in [0.29, 0.717) is 11.3 Å². The van der Waals surface area contributed by atoms with Crippen LogP contribution in [-0.4, -0.2) is 24.1 Å². The molecule has 0 atom stereocenters. The van der Waals surface area contributed by atoms with E-state index in [2.05, 4.69) is 5.32 Å². The molecule has 0 spiro atoms. The number of carbonyl (C=O) groups excluding carboxylic acids is 3. The summed E-state index contributed by atoms with van der Waals surface area (Å²) in [6, 6.07) is 12.3.